The smallest absolute Gasteiger partial charge is 0.261 e. The Morgan fingerprint density at radius 1 is 0.870 bits per heavy atom. The van der Waals surface area contributed by atoms with Gasteiger partial charge in [0.1, 0.15) is 0 Å². The van der Waals surface area contributed by atoms with Gasteiger partial charge in [0.25, 0.3) is 8.32 Å². The molecule has 0 heterocycles. The van der Waals surface area contributed by atoms with Gasteiger partial charge >= 0.3 is 0 Å². The van der Waals surface area contributed by atoms with Gasteiger partial charge in [-0.2, -0.15) is 0 Å². The van der Waals surface area contributed by atoms with Crippen LogP contribution in [-0.2, 0) is 4.43 Å². The molecule has 0 aliphatic rings. The minimum absolute atomic E-state index is 0.0396. The quantitative estimate of drug-likeness (QED) is 0.401. The second-order valence-corrected chi connectivity index (χ2v) is 11.6. The molecular weight excluding hydrogens is 364 g/mol. The summed E-state index contributed by atoms with van der Waals surface area (Å²) in [6.45, 7) is 7.53. The summed E-state index contributed by atoms with van der Waals surface area (Å²) in [5, 5.41) is 3.55. The molecule has 0 fully saturated rings. The molecule has 1 nitrogen and oxygen atoms in total. The van der Waals surface area contributed by atoms with Crippen LogP contribution in [0.1, 0.15) is 20.8 Å². The van der Waals surface area contributed by atoms with E-state index in [0.717, 1.165) is 5.33 Å². The molecule has 0 spiro atoms. The van der Waals surface area contributed by atoms with Crippen LogP contribution in [0.5, 0.6) is 0 Å². The highest BCUT2D eigenvalue weighted by Crippen LogP contribution is 2.36. The maximum atomic E-state index is 6.70. The van der Waals surface area contributed by atoms with Crippen molar-refractivity contribution in [1.29, 1.82) is 0 Å². The summed E-state index contributed by atoms with van der Waals surface area (Å²) < 4.78 is 6.70. The van der Waals surface area contributed by atoms with E-state index >= 15 is 0 Å². The maximum absolute atomic E-state index is 6.70. The fraction of sp³-hybridized carbons (Fsp3) is 0.300. The number of hydrogen-bond donors (Lipinski definition) is 0. The van der Waals surface area contributed by atoms with Crippen LogP contribution in [0.3, 0.4) is 0 Å². The zero-order valence-corrected chi connectivity index (χ0v) is 16.7. The fourth-order valence-corrected chi connectivity index (χ4v) is 7.83. The lowest BCUT2D eigenvalue weighted by Crippen LogP contribution is -2.66. The van der Waals surface area contributed by atoms with Crippen molar-refractivity contribution >= 4 is 34.6 Å². The largest absolute Gasteiger partial charge is 0.404 e. The van der Waals surface area contributed by atoms with E-state index in [1.165, 1.54) is 10.4 Å². The molecule has 23 heavy (non-hydrogen) atoms. The minimum Gasteiger partial charge on any atom is -0.404 e. The van der Waals surface area contributed by atoms with Crippen molar-refractivity contribution in [1.82, 2.24) is 0 Å². The highest BCUT2D eigenvalue weighted by atomic mass is 79.9. The average molecular weight is 389 g/mol. The molecule has 0 aromatic heterocycles. The van der Waals surface area contributed by atoms with Crippen LogP contribution in [0, 0.1) is 0 Å². The molecule has 0 atom stereocenters. The van der Waals surface area contributed by atoms with Gasteiger partial charge in [-0.1, -0.05) is 110 Å². The first-order valence-electron chi connectivity index (χ1n) is 7.98. The number of allylic oxidation sites excluding steroid dienone is 1. The van der Waals surface area contributed by atoms with Crippen LogP contribution in [0.4, 0.5) is 0 Å². The van der Waals surface area contributed by atoms with Crippen molar-refractivity contribution in [2.45, 2.75) is 25.8 Å². The Morgan fingerprint density at radius 2 is 1.35 bits per heavy atom. The molecule has 2 aromatic rings. The summed E-state index contributed by atoms with van der Waals surface area (Å²) in [5.41, 5.74) is 0. The van der Waals surface area contributed by atoms with Crippen molar-refractivity contribution in [3.05, 3.63) is 72.8 Å². The van der Waals surface area contributed by atoms with E-state index in [1.54, 1.807) is 0 Å². The average Bonchev–Trinajstić information content (AvgIpc) is 2.55. The minimum atomic E-state index is -2.37. The zero-order valence-electron chi connectivity index (χ0n) is 14.1. The molecule has 0 N–H and O–H groups in total. The number of halogens is 1. The number of alkyl halides is 1. The normalized spacial score (nSPS) is 12.7. The van der Waals surface area contributed by atoms with Crippen LogP contribution in [0.15, 0.2) is 72.8 Å². The molecule has 0 aliphatic carbocycles. The molecule has 2 rings (SSSR count). The molecule has 0 saturated heterocycles. The van der Waals surface area contributed by atoms with Gasteiger partial charge in [-0.05, 0) is 15.4 Å². The molecule has 3 heteroatoms. The van der Waals surface area contributed by atoms with E-state index in [2.05, 4.69) is 110 Å². The Kier molecular flexibility index (Phi) is 6.39. The number of rotatable bonds is 6. The SMILES string of the molecule is CC(C)(C)[Si](OCC=CCBr)(c1ccccc1)c1ccccc1. The van der Waals surface area contributed by atoms with Gasteiger partial charge < -0.3 is 4.43 Å². The van der Waals surface area contributed by atoms with Gasteiger partial charge in [0.2, 0.25) is 0 Å². The summed E-state index contributed by atoms with van der Waals surface area (Å²) >= 11 is 3.43. The lowest BCUT2D eigenvalue weighted by atomic mass is 10.2. The topological polar surface area (TPSA) is 9.23 Å². The summed E-state index contributed by atoms with van der Waals surface area (Å²) in [5.74, 6) is 0. The van der Waals surface area contributed by atoms with Crippen LogP contribution in [-0.4, -0.2) is 20.3 Å². The van der Waals surface area contributed by atoms with E-state index in [0.29, 0.717) is 6.61 Å². The van der Waals surface area contributed by atoms with Crippen LogP contribution < -0.4 is 10.4 Å². The zero-order chi connectivity index (χ0) is 16.8. The Bertz CT molecular complexity index is 578. The van der Waals surface area contributed by atoms with Gasteiger partial charge in [0, 0.05) is 5.33 Å². The van der Waals surface area contributed by atoms with E-state index < -0.39 is 8.32 Å². The Labute approximate surface area is 149 Å². The van der Waals surface area contributed by atoms with Gasteiger partial charge in [0.05, 0.1) is 6.61 Å². The van der Waals surface area contributed by atoms with Crippen molar-refractivity contribution in [3.63, 3.8) is 0 Å². The Hall–Kier alpha value is -1.16. The molecule has 0 unspecified atom stereocenters. The van der Waals surface area contributed by atoms with Crippen LogP contribution >= 0.6 is 15.9 Å². The third-order valence-electron chi connectivity index (χ3n) is 4.07. The standard InChI is InChI=1S/C20H25BrOSi/c1-20(2,3)23(22-17-11-10-16-21,18-12-6-4-7-13-18)19-14-8-5-9-15-19/h4-15H,16-17H2,1-3H3. The lowest BCUT2D eigenvalue weighted by Gasteiger charge is -2.42. The van der Waals surface area contributed by atoms with Crippen molar-refractivity contribution in [2.24, 2.45) is 0 Å². The van der Waals surface area contributed by atoms with Crippen LogP contribution in [0.25, 0.3) is 0 Å². The molecule has 0 aliphatic heterocycles. The first-order valence-corrected chi connectivity index (χ1v) is 11.0. The summed E-state index contributed by atoms with van der Waals surface area (Å²) in [6, 6.07) is 21.5. The third-order valence-corrected chi connectivity index (χ3v) is 9.45. The van der Waals surface area contributed by atoms with E-state index in [1.807, 2.05) is 0 Å². The molecule has 0 bridgehead atoms. The molecule has 0 amide bonds. The first-order chi connectivity index (χ1) is 11.0. The van der Waals surface area contributed by atoms with Crippen molar-refractivity contribution in [3.8, 4) is 0 Å². The molecule has 2 aromatic carbocycles. The van der Waals surface area contributed by atoms with Gasteiger partial charge in [0.15, 0.2) is 0 Å². The predicted octanol–water partition coefficient (Wildman–Crippen LogP) is 4.51. The highest BCUT2D eigenvalue weighted by molar-refractivity contribution is 9.09. The van der Waals surface area contributed by atoms with Gasteiger partial charge in [-0.3, -0.25) is 0 Å². The highest BCUT2D eigenvalue weighted by Gasteiger charge is 2.49. The number of benzene rings is 2. The predicted molar refractivity (Wildman–Crippen MR) is 107 cm³/mol. The summed E-state index contributed by atoms with van der Waals surface area (Å²) in [4.78, 5) is 0. The lowest BCUT2D eigenvalue weighted by molar-refractivity contribution is 0.339. The second-order valence-electron chi connectivity index (χ2n) is 6.60. The van der Waals surface area contributed by atoms with Gasteiger partial charge in [-0.25, -0.2) is 0 Å². The van der Waals surface area contributed by atoms with E-state index in [4.69, 9.17) is 4.43 Å². The summed E-state index contributed by atoms with van der Waals surface area (Å²) in [6.07, 6.45) is 4.20. The Balaban J connectivity index is 2.57. The fourth-order valence-electron chi connectivity index (χ4n) is 3.07. The van der Waals surface area contributed by atoms with Crippen molar-refractivity contribution < 1.29 is 4.43 Å². The second kappa shape index (κ2) is 8.09. The molecule has 122 valence electrons. The monoisotopic (exact) mass is 388 g/mol. The third kappa shape index (κ3) is 4.03. The van der Waals surface area contributed by atoms with Crippen LogP contribution in [0.2, 0.25) is 5.04 Å². The van der Waals surface area contributed by atoms with Gasteiger partial charge in [-0.15, -0.1) is 0 Å². The molecule has 0 saturated carbocycles. The molecule has 0 radical (unpaired) electrons. The Morgan fingerprint density at radius 3 is 1.74 bits per heavy atom. The van der Waals surface area contributed by atoms with E-state index in [9.17, 15) is 0 Å². The number of hydrogen-bond acceptors (Lipinski definition) is 1. The molecular formula is C20H25BrOSi. The maximum Gasteiger partial charge on any atom is 0.261 e. The van der Waals surface area contributed by atoms with E-state index in [-0.39, 0.29) is 5.04 Å². The first kappa shape index (κ1) is 18.2. The van der Waals surface area contributed by atoms with Crippen molar-refractivity contribution in [2.75, 3.05) is 11.9 Å². The summed E-state index contributed by atoms with van der Waals surface area (Å²) in [7, 11) is -2.37.